The Labute approximate surface area is 87.4 Å². The fourth-order valence-electron chi connectivity index (χ4n) is 1.81. The van der Waals surface area contributed by atoms with Crippen molar-refractivity contribution in [3.05, 3.63) is 41.0 Å². The Balaban J connectivity index is 2.41. The van der Waals surface area contributed by atoms with E-state index >= 15 is 0 Å². The van der Waals surface area contributed by atoms with Crippen LogP contribution in [0.5, 0.6) is 0 Å². The van der Waals surface area contributed by atoms with E-state index < -0.39 is 11.5 Å². The molecule has 0 bridgehead atoms. The van der Waals surface area contributed by atoms with Crippen molar-refractivity contribution in [1.29, 1.82) is 0 Å². The lowest BCUT2D eigenvalue weighted by atomic mass is 9.72. The van der Waals surface area contributed by atoms with Crippen molar-refractivity contribution in [2.45, 2.75) is 24.8 Å². The van der Waals surface area contributed by atoms with E-state index in [9.17, 15) is 4.79 Å². The summed E-state index contributed by atoms with van der Waals surface area (Å²) in [7, 11) is 0. The molecule has 0 atom stereocenters. The first kappa shape index (κ1) is 9.66. The topological polar surface area (TPSA) is 54.5 Å². The summed E-state index contributed by atoms with van der Waals surface area (Å²) >= 11 is 0. The minimum Gasteiger partial charge on any atom is -0.477 e. The second-order valence-corrected chi connectivity index (χ2v) is 3.73. The molecule has 1 saturated carbocycles. The van der Waals surface area contributed by atoms with Gasteiger partial charge in [0.1, 0.15) is 5.69 Å². The van der Waals surface area contributed by atoms with Crippen LogP contribution in [-0.4, -0.2) is 16.1 Å². The van der Waals surface area contributed by atoms with E-state index in [4.69, 9.17) is 11.7 Å². The predicted molar refractivity (Wildman–Crippen MR) is 53.3 cm³/mol. The summed E-state index contributed by atoms with van der Waals surface area (Å²) in [5.41, 5.74) is 0.325. The van der Waals surface area contributed by atoms with Gasteiger partial charge < -0.3 is 9.95 Å². The standard InChI is InChI=1S/C11H10N2O2/c1-12-11(4-2-5-11)8-3-6-13-9(7-8)10(14)15/h3,6-7H,2,4-5H2,(H,14,15). The summed E-state index contributed by atoms with van der Waals surface area (Å²) in [6, 6.07) is 3.25. The van der Waals surface area contributed by atoms with Crippen LogP contribution in [0.2, 0.25) is 0 Å². The van der Waals surface area contributed by atoms with Crippen LogP contribution >= 0.6 is 0 Å². The molecule has 1 aromatic heterocycles. The highest BCUT2D eigenvalue weighted by molar-refractivity contribution is 5.85. The maximum atomic E-state index is 10.7. The number of aromatic carboxylic acids is 1. The highest BCUT2D eigenvalue weighted by atomic mass is 16.4. The molecule has 0 spiro atoms. The van der Waals surface area contributed by atoms with Crippen LogP contribution in [0.1, 0.15) is 35.3 Å². The average molecular weight is 202 g/mol. The third-order valence-electron chi connectivity index (χ3n) is 2.91. The van der Waals surface area contributed by atoms with Crippen molar-refractivity contribution < 1.29 is 9.90 Å². The first-order chi connectivity index (χ1) is 7.18. The number of carbonyl (C=O) groups is 1. The van der Waals surface area contributed by atoms with E-state index in [2.05, 4.69) is 9.83 Å². The van der Waals surface area contributed by atoms with Crippen molar-refractivity contribution >= 4 is 5.97 Å². The zero-order chi connectivity index (χ0) is 10.9. The second-order valence-electron chi connectivity index (χ2n) is 3.73. The maximum Gasteiger partial charge on any atom is 0.354 e. The van der Waals surface area contributed by atoms with Gasteiger partial charge in [0.15, 0.2) is 0 Å². The fraction of sp³-hybridized carbons (Fsp3) is 0.364. The molecule has 4 heteroatoms. The van der Waals surface area contributed by atoms with Gasteiger partial charge in [0.25, 0.3) is 5.54 Å². The molecule has 1 heterocycles. The van der Waals surface area contributed by atoms with E-state index in [0.29, 0.717) is 0 Å². The van der Waals surface area contributed by atoms with E-state index in [1.54, 1.807) is 6.07 Å². The molecule has 0 aliphatic heterocycles. The second kappa shape index (κ2) is 3.35. The van der Waals surface area contributed by atoms with Crippen LogP contribution in [0, 0.1) is 6.57 Å². The number of aromatic nitrogens is 1. The molecular formula is C11H10N2O2. The SMILES string of the molecule is [C-]#[N+]C1(c2ccnc(C(=O)O)c2)CCC1. The molecule has 15 heavy (non-hydrogen) atoms. The maximum absolute atomic E-state index is 10.7. The quantitative estimate of drug-likeness (QED) is 0.747. The Bertz CT molecular complexity index is 444. The van der Waals surface area contributed by atoms with Crippen LogP contribution < -0.4 is 0 Å². The molecule has 1 fully saturated rings. The number of rotatable bonds is 2. The molecule has 4 nitrogen and oxygen atoms in total. The third kappa shape index (κ3) is 1.46. The number of hydrogen-bond donors (Lipinski definition) is 1. The van der Waals surface area contributed by atoms with Gasteiger partial charge >= 0.3 is 5.97 Å². The average Bonchev–Trinajstić information content (AvgIpc) is 2.17. The van der Waals surface area contributed by atoms with Gasteiger partial charge in [-0.2, -0.15) is 0 Å². The fourth-order valence-corrected chi connectivity index (χ4v) is 1.81. The molecule has 1 aliphatic rings. The van der Waals surface area contributed by atoms with Crippen LogP contribution in [0.15, 0.2) is 18.3 Å². The molecule has 1 N–H and O–H groups in total. The van der Waals surface area contributed by atoms with Gasteiger partial charge in [-0.05, 0) is 18.6 Å². The third-order valence-corrected chi connectivity index (χ3v) is 2.91. The van der Waals surface area contributed by atoms with Crippen LogP contribution in [0.25, 0.3) is 4.85 Å². The first-order valence-electron chi connectivity index (χ1n) is 4.76. The van der Waals surface area contributed by atoms with Crippen LogP contribution in [0.3, 0.4) is 0 Å². The number of nitrogens with zero attached hydrogens (tertiary/aromatic N) is 2. The molecular weight excluding hydrogens is 192 g/mol. The Morgan fingerprint density at radius 1 is 1.60 bits per heavy atom. The predicted octanol–water partition coefficient (Wildman–Crippen LogP) is 2.08. The lowest BCUT2D eigenvalue weighted by molar-refractivity contribution is 0.0690. The molecule has 0 radical (unpaired) electrons. The smallest absolute Gasteiger partial charge is 0.354 e. The summed E-state index contributed by atoms with van der Waals surface area (Å²) < 4.78 is 0. The normalized spacial score (nSPS) is 17.5. The summed E-state index contributed by atoms with van der Waals surface area (Å²) in [6.07, 6.45) is 4.14. The van der Waals surface area contributed by atoms with E-state index in [-0.39, 0.29) is 5.69 Å². The van der Waals surface area contributed by atoms with Crippen LogP contribution in [0.4, 0.5) is 0 Å². The van der Waals surface area contributed by atoms with Crippen molar-refractivity contribution in [2.24, 2.45) is 0 Å². The van der Waals surface area contributed by atoms with Gasteiger partial charge in [-0.15, -0.1) is 0 Å². The largest absolute Gasteiger partial charge is 0.477 e. The number of carboxylic acid groups (broad SMARTS) is 1. The monoisotopic (exact) mass is 202 g/mol. The van der Waals surface area contributed by atoms with Gasteiger partial charge in [0.2, 0.25) is 0 Å². The summed E-state index contributed by atoms with van der Waals surface area (Å²) in [5, 5.41) is 8.80. The lowest BCUT2D eigenvalue weighted by Crippen LogP contribution is -2.30. The van der Waals surface area contributed by atoms with Crippen LogP contribution in [-0.2, 0) is 5.54 Å². The Kier molecular flexibility index (Phi) is 2.16. The number of carboxylic acids is 1. The van der Waals surface area contributed by atoms with E-state index in [1.165, 1.54) is 12.3 Å². The van der Waals surface area contributed by atoms with Gasteiger partial charge in [0, 0.05) is 24.6 Å². The highest BCUT2D eigenvalue weighted by Crippen LogP contribution is 2.44. The molecule has 1 aliphatic carbocycles. The summed E-state index contributed by atoms with van der Waals surface area (Å²) in [4.78, 5) is 18.1. The molecule has 0 saturated heterocycles. The van der Waals surface area contributed by atoms with E-state index in [0.717, 1.165) is 24.8 Å². The van der Waals surface area contributed by atoms with Crippen molar-refractivity contribution in [1.82, 2.24) is 4.98 Å². The van der Waals surface area contributed by atoms with Gasteiger partial charge in [-0.3, -0.25) is 0 Å². The summed E-state index contributed by atoms with van der Waals surface area (Å²) in [6.45, 7) is 7.18. The molecule has 1 aromatic rings. The lowest BCUT2D eigenvalue weighted by Gasteiger charge is -2.30. The summed E-state index contributed by atoms with van der Waals surface area (Å²) in [5.74, 6) is -1.05. The number of hydrogen-bond acceptors (Lipinski definition) is 2. The molecule has 2 rings (SSSR count). The number of pyridine rings is 1. The van der Waals surface area contributed by atoms with Gasteiger partial charge in [-0.1, -0.05) is 0 Å². The minimum absolute atomic E-state index is 0.0161. The zero-order valence-corrected chi connectivity index (χ0v) is 8.10. The first-order valence-corrected chi connectivity index (χ1v) is 4.76. The molecule has 0 unspecified atom stereocenters. The Hall–Kier alpha value is -1.89. The van der Waals surface area contributed by atoms with Crippen molar-refractivity contribution in [3.8, 4) is 0 Å². The highest BCUT2D eigenvalue weighted by Gasteiger charge is 2.45. The molecule has 0 aromatic carbocycles. The van der Waals surface area contributed by atoms with E-state index in [1.807, 2.05) is 0 Å². The van der Waals surface area contributed by atoms with Gasteiger partial charge in [0.05, 0.1) is 0 Å². The van der Waals surface area contributed by atoms with Crippen molar-refractivity contribution in [2.75, 3.05) is 0 Å². The minimum atomic E-state index is -1.05. The zero-order valence-electron chi connectivity index (χ0n) is 8.10. The Morgan fingerprint density at radius 2 is 2.33 bits per heavy atom. The molecule has 76 valence electrons. The Morgan fingerprint density at radius 3 is 2.80 bits per heavy atom. The van der Waals surface area contributed by atoms with Crippen molar-refractivity contribution in [3.63, 3.8) is 0 Å². The van der Waals surface area contributed by atoms with Gasteiger partial charge in [-0.25, -0.2) is 16.4 Å². The molecule has 0 amide bonds.